The summed E-state index contributed by atoms with van der Waals surface area (Å²) in [6.07, 6.45) is -1.40. The third-order valence-electron chi connectivity index (χ3n) is 5.19. The molecule has 4 aromatic rings. The molecule has 5 rings (SSSR count). The number of rotatable bonds is 4. The number of thiazole rings is 1. The first kappa shape index (κ1) is 24.5. The molecule has 0 radical (unpaired) electrons. The quantitative estimate of drug-likeness (QED) is 0.420. The van der Waals surface area contributed by atoms with Gasteiger partial charge in [-0.25, -0.2) is 9.78 Å². The van der Waals surface area contributed by atoms with Gasteiger partial charge in [-0.2, -0.15) is 18.2 Å². The molecule has 0 atom stereocenters. The van der Waals surface area contributed by atoms with Gasteiger partial charge >= 0.3 is 12.1 Å². The summed E-state index contributed by atoms with van der Waals surface area (Å²) in [5.74, 6) is -1.71. The summed E-state index contributed by atoms with van der Waals surface area (Å²) in [6, 6.07) is 10.3. The van der Waals surface area contributed by atoms with Gasteiger partial charge in [-0.3, -0.25) is 4.98 Å². The summed E-state index contributed by atoms with van der Waals surface area (Å²) in [5.41, 5.74) is 6.36. The number of hydrogen-bond donors (Lipinski definition) is 2. The number of carbonyl (C=O) groups is 1. The number of nitrogens with zero attached hydrogens (tertiary/aromatic N) is 4. The zero-order valence-electron chi connectivity index (χ0n) is 18.5. The van der Waals surface area contributed by atoms with Crippen molar-refractivity contribution in [1.29, 1.82) is 0 Å². The smallest absolute Gasteiger partial charge is 0.475 e. The Balaban J connectivity index is 0.000000364. The number of hydrogen-bond acceptors (Lipinski definition) is 8. The van der Waals surface area contributed by atoms with Crippen molar-refractivity contribution in [3.05, 3.63) is 69.3 Å². The van der Waals surface area contributed by atoms with Crippen molar-refractivity contribution in [2.45, 2.75) is 32.5 Å². The van der Waals surface area contributed by atoms with E-state index in [9.17, 15) is 13.2 Å². The number of pyridine rings is 1. The lowest BCUT2D eigenvalue weighted by molar-refractivity contribution is -0.192. The highest BCUT2D eigenvalue weighted by Crippen LogP contribution is 2.30. The van der Waals surface area contributed by atoms with Crippen LogP contribution in [0.15, 0.2) is 46.4 Å². The molecule has 1 aliphatic rings. The molecule has 0 saturated carbocycles. The Kier molecular flexibility index (Phi) is 7.22. The lowest BCUT2D eigenvalue weighted by atomic mass is 9.95. The predicted octanol–water partition coefficient (Wildman–Crippen LogP) is 4.43. The largest absolute Gasteiger partial charge is 0.490 e. The van der Waals surface area contributed by atoms with Gasteiger partial charge in [0.05, 0.1) is 5.01 Å². The van der Waals surface area contributed by atoms with Crippen molar-refractivity contribution in [3.8, 4) is 23.0 Å². The maximum Gasteiger partial charge on any atom is 0.490 e. The van der Waals surface area contributed by atoms with Crippen LogP contribution in [0.5, 0.6) is 0 Å². The van der Waals surface area contributed by atoms with Crippen molar-refractivity contribution in [1.82, 2.24) is 25.4 Å². The van der Waals surface area contributed by atoms with Crippen LogP contribution < -0.4 is 5.32 Å². The minimum Gasteiger partial charge on any atom is -0.475 e. The van der Waals surface area contributed by atoms with Crippen LogP contribution in [0, 0.1) is 6.92 Å². The Morgan fingerprint density at radius 3 is 2.69 bits per heavy atom. The topological polar surface area (TPSA) is 114 Å². The fraction of sp³-hybridized carbons (Fsp3) is 0.261. The van der Waals surface area contributed by atoms with Gasteiger partial charge in [0.2, 0.25) is 5.82 Å². The summed E-state index contributed by atoms with van der Waals surface area (Å²) in [5, 5.41) is 17.8. The third kappa shape index (κ3) is 5.89. The molecule has 0 aliphatic carbocycles. The van der Waals surface area contributed by atoms with Crippen molar-refractivity contribution >= 4 is 17.3 Å². The maximum absolute atomic E-state index is 10.6. The number of carboxylic acid groups (broad SMARTS) is 1. The zero-order chi connectivity index (χ0) is 25.0. The molecule has 0 spiro atoms. The highest BCUT2D eigenvalue weighted by atomic mass is 32.1. The number of fused-ring (bicyclic) bond motifs is 1. The molecule has 35 heavy (non-hydrogen) atoms. The standard InChI is InChI=1S/C21H19N5OS.C2HF3O2/c1-13-19(16-7-8-22-10-15(16)11-23-13)20-25-21(27-26-20)17-12-28-18(24-17)9-14-5-3-2-4-6-14;3-2(4,5)1(6)7/h2-6,11-12,22H,7-10H2,1H3;(H,6,7). The van der Waals surface area contributed by atoms with Crippen LogP contribution in [0.2, 0.25) is 0 Å². The van der Waals surface area contributed by atoms with Crippen LogP contribution in [-0.4, -0.2) is 43.9 Å². The first-order valence-corrected chi connectivity index (χ1v) is 11.4. The monoisotopic (exact) mass is 503 g/mol. The normalized spacial score (nSPS) is 13.0. The highest BCUT2D eigenvalue weighted by Gasteiger charge is 2.38. The van der Waals surface area contributed by atoms with Gasteiger partial charge in [0.25, 0.3) is 5.89 Å². The Bertz CT molecular complexity index is 1320. The zero-order valence-corrected chi connectivity index (χ0v) is 19.3. The van der Waals surface area contributed by atoms with E-state index < -0.39 is 12.1 Å². The minimum absolute atomic E-state index is 0.455. The van der Waals surface area contributed by atoms with Crippen molar-refractivity contribution in [2.75, 3.05) is 6.54 Å². The Labute approximate surface area is 201 Å². The van der Waals surface area contributed by atoms with E-state index >= 15 is 0 Å². The number of aliphatic carboxylic acids is 1. The number of nitrogens with one attached hydrogen (secondary N) is 1. The minimum atomic E-state index is -5.08. The van der Waals surface area contributed by atoms with E-state index in [0.717, 1.165) is 47.9 Å². The Hall–Kier alpha value is -3.64. The van der Waals surface area contributed by atoms with Crippen LogP contribution in [0.25, 0.3) is 23.0 Å². The van der Waals surface area contributed by atoms with Gasteiger partial charge in [-0.1, -0.05) is 35.5 Å². The van der Waals surface area contributed by atoms with E-state index in [0.29, 0.717) is 11.7 Å². The maximum atomic E-state index is 10.6. The van der Waals surface area contributed by atoms with Crippen molar-refractivity contribution in [2.24, 2.45) is 0 Å². The van der Waals surface area contributed by atoms with Gasteiger partial charge < -0.3 is 14.9 Å². The summed E-state index contributed by atoms with van der Waals surface area (Å²) in [4.78, 5) is 22.8. The summed E-state index contributed by atoms with van der Waals surface area (Å²) < 4.78 is 37.3. The van der Waals surface area contributed by atoms with Crippen molar-refractivity contribution < 1.29 is 27.6 Å². The Morgan fingerprint density at radius 1 is 1.23 bits per heavy atom. The molecule has 0 saturated heterocycles. The fourth-order valence-electron chi connectivity index (χ4n) is 3.56. The number of carboxylic acids is 1. The van der Waals surface area contributed by atoms with Crippen LogP contribution in [0.1, 0.15) is 27.4 Å². The van der Waals surface area contributed by atoms with Crippen LogP contribution in [0.4, 0.5) is 13.2 Å². The summed E-state index contributed by atoms with van der Waals surface area (Å²) in [6.45, 7) is 3.77. The van der Waals surface area contributed by atoms with Crippen LogP contribution >= 0.6 is 11.3 Å². The van der Waals surface area contributed by atoms with Crippen LogP contribution in [-0.2, 0) is 24.2 Å². The van der Waals surface area contributed by atoms with Gasteiger partial charge in [0.15, 0.2) is 0 Å². The average molecular weight is 504 g/mol. The van der Waals surface area contributed by atoms with E-state index in [2.05, 4.69) is 37.6 Å². The molecule has 0 amide bonds. The third-order valence-corrected chi connectivity index (χ3v) is 6.04. The lowest BCUT2D eigenvalue weighted by Crippen LogP contribution is -2.24. The molecule has 4 heterocycles. The average Bonchev–Trinajstić information content (AvgIpc) is 3.49. The second-order valence-corrected chi connectivity index (χ2v) is 8.61. The van der Waals surface area contributed by atoms with Gasteiger partial charge in [0, 0.05) is 35.8 Å². The second-order valence-electron chi connectivity index (χ2n) is 7.66. The van der Waals surface area contributed by atoms with Crippen LogP contribution in [0.3, 0.4) is 0 Å². The molecule has 3 aromatic heterocycles. The summed E-state index contributed by atoms with van der Waals surface area (Å²) in [7, 11) is 0. The number of aromatic nitrogens is 4. The molecule has 182 valence electrons. The first-order chi connectivity index (χ1) is 16.7. The molecule has 2 N–H and O–H groups in total. The van der Waals surface area contributed by atoms with E-state index in [1.165, 1.54) is 16.7 Å². The molecular formula is C23H20F3N5O3S. The highest BCUT2D eigenvalue weighted by molar-refractivity contribution is 7.10. The van der Waals surface area contributed by atoms with E-state index in [1.807, 2.05) is 36.7 Å². The SMILES string of the molecule is Cc1ncc2c(c1-c1noc(-c3csc(Cc4ccccc4)n3)n1)CCNC2.O=C(O)C(F)(F)F. The molecule has 1 aliphatic heterocycles. The molecule has 12 heteroatoms. The van der Waals surface area contributed by atoms with E-state index in [4.69, 9.17) is 14.4 Å². The Morgan fingerprint density at radius 2 is 1.97 bits per heavy atom. The molecule has 8 nitrogen and oxygen atoms in total. The molecule has 0 bridgehead atoms. The number of benzene rings is 1. The second kappa shape index (κ2) is 10.3. The lowest BCUT2D eigenvalue weighted by Gasteiger charge is -2.19. The van der Waals surface area contributed by atoms with Gasteiger partial charge in [-0.05, 0) is 36.6 Å². The number of halogens is 3. The summed E-state index contributed by atoms with van der Waals surface area (Å²) >= 11 is 1.61. The molecule has 1 aromatic carbocycles. The fourth-order valence-corrected chi connectivity index (χ4v) is 4.36. The van der Waals surface area contributed by atoms with E-state index in [1.54, 1.807) is 11.3 Å². The van der Waals surface area contributed by atoms with Crippen molar-refractivity contribution in [3.63, 3.8) is 0 Å². The molecular weight excluding hydrogens is 483 g/mol. The molecule has 0 fully saturated rings. The predicted molar refractivity (Wildman–Crippen MR) is 122 cm³/mol. The van der Waals surface area contributed by atoms with Gasteiger partial charge in [-0.15, -0.1) is 11.3 Å². The van der Waals surface area contributed by atoms with E-state index in [-0.39, 0.29) is 0 Å². The molecule has 0 unspecified atom stereocenters. The van der Waals surface area contributed by atoms with Gasteiger partial charge in [0.1, 0.15) is 5.69 Å². The first-order valence-electron chi connectivity index (χ1n) is 10.5. The number of aryl methyl sites for hydroxylation is 1. The number of alkyl halides is 3.